The second-order valence-electron chi connectivity index (χ2n) is 9.14. The maximum atomic E-state index is 13.6. The first-order valence-electron chi connectivity index (χ1n) is 11.7. The van der Waals surface area contributed by atoms with Crippen LogP contribution in [0.3, 0.4) is 0 Å². The number of nitrogens with one attached hydrogen (secondary N) is 1. The highest BCUT2D eigenvalue weighted by Crippen LogP contribution is 2.28. The van der Waals surface area contributed by atoms with E-state index in [0.717, 1.165) is 22.4 Å². The van der Waals surface area contributed by atoms with Gasteiger partial charge < -0.3 is 10.1 Å². The van der Waals surface area contributed by atoms with E-state index in [1.807, 2.05) is 50.2 Å². The molecule has 1 unspecified atom stereocenters. The lowest BCUT2D eigenvalue weighted by Gasteiger charge is -2.28. The van der Waals surface area contributed by atoms with Crippen LogP contribution in [0.2, 0.25) is 0 Å². The van der Waals surface area contributed by atoms with Gasteiger partial charge in [0.25, 0.3) is 10.0 Å². The molecule has 0 saturated carbocycles. The van der Waals surface area contributed by atoms with Crippen LogP contribution in [0, 0.1) is 19.8 Å². The van der Waals surface area contributed by atoms with Crippen LogP contribution in [0.25, 0.3) is 0 Å². The number of hydrogen-bond acceptors (Lipinski definition) is 4. The molecule has 0 aliphatic heterocycles. The van der Waals surface area contributed by atoms with E-state index >= 15 is 0 Å². The van der Waals surface area contributed by atoms with Crippen LogP contribution in [0.4, 0.5) is 5.69 Å². The number of rotatable bonds is 10. The van der Waals surface area contributed by atoms with Crippen molar-refractivity contribution >= 4 is 21.6 Å². The molecule has 35 heavy (non-hydrogen) atoms. The highest BCUT2D eigenvalue weighted by atomic mass is 32.2. The lowest BCUT2D eigenvalue weighted by Crippen LogP contribution is -2.42. The monoisotopic (exact) mass is 494 g/mol. The maximum Gasteiger partial charge on any atom is 0.264 e. The molecule has 0 aliphatic rings. The third-order valence-corrected chi connectivity index (χ3v) is 7.57. The Kier molecular flexibility index (Phi) is 8.57. The average Bonchev–Trinajstić information content (AvgIpc) is 2.83. The fourth-order valence-corrected chi connectivity index (χ4v) is 5.57. The first kappa shape index (κ1) is 26.3. The number of sulfonamides is 1. The standard InChI is InChI=1S/C28H34N2O4S/c1-20(2)17-26(23-12-14-24(34-5)15-13-23)29-28(31)19-30(27-16-11-21(3)18-22(27)4)35(32,33)25-9-7-6-8-10-25/h6-16,18,20,26H,17,19H2,1-5H3,(H,29,31). The molecule has 7 heteroatoms. The third-order valence-electron chi connectivity index (χ3n) is 5.80. The van der Waals surface area contributed by atoms with Gasteiger partial charge in [-0.2, -0.15) is 0 Å². The van der Waals surface area contributed by atoms with Crippen molar-refractivity contribution in [2.75, 3.05) is 18.0 Å². The van der Waals surface area contributed by atoms with E-state index in [9.17, 15) is 13.2 Å². The summed E-state index contributed by atoms with van der Waals surface area (Å²) in [5.74, 6) is 0.690. The summed E-state index contributed by atoms with van der Waals surface area (Å²) in [6.07, 6.45) is 0.715. The molecule has 1 atom stereocenters. The quantitative estimate of drug-likeness (QED) is 0.409. The largest absolute Gasteiger partial charge is 0.497 e. The van der Waals surface area contributed by atoms with E-state index in [1.54, 1.807) is 43.5 Å². The normalized spacial score (nSPS) is 12.3. The van der Waals surface area contributed by atoms with Gasteiger partial charge in [-0.25, -0.2) is 8.42 Å². The number of anilines is 1. The van der Waals surface area contributed by atoms with Crippen molar-refractivity contribution in [2.24, 2.45) is 5.92 Å². The minimum absolute atomic E-state index is 0.140. The molecular weight excluding hydrogens is 460 g/mol. The SMILES string of the molecule is COc1ccc(C(CC(C)C)NC(=O)CN(c2ccc(C)cc2C)S(=O)(=O)c2ccccc2)cc1. The van der Waals surface area contributed by atoms with Crippen molar-refractivity contribution in [3.05, 3.63) is 89.5 Å². The number of nitrogens with zero attached hydrogens (tertiary/aromatic N) is 1. The van der Waals surface area contributed by atoms with Crippen LogP contribution in [0.5, 0.6) is 5.75 Å². The molecule has 1 amide bonds. The minimum Gasteiger partial charge on any atom is -0.497 e. The third kappa shape index (κ3) is 6.63. The summed E-state index contributed by atoms with van der Waals surface area (Å²) in [4.78, 5) is 13.5. The van der Waals surface area contributed by atoms with E-state index < -0.39 is 10.0 Å². The predicted molar refractivity (Wildman–Crippen MR) is 140 cm³/mol. The van der Waals surface area contributed by atoms with Crippen molar-refractivity contribution < 1.29 is 17.9 Å². The van der Waals surface area contributed by atoms with Gasteiger partial charge in [-0.15, -0.1) is 0 Å². The van der Waals surface area contributed by atoms with E-state index in [-0.39, 0.29) is 23.4 Å². The van der Waals surface area contributed by atoms with Crippen molar-refractivity contribution in [3.63, 3.8) is 0 Å². The van der Waals surface area contributed by atoms with E-state index in [0.29, 0.717) is 18.0 Å². The molecule has 3 aromatic rings. The lowest BCUT2D eigenvalue weighted by atomic mass is 9.97. The van der Waals surface area contributed by atoms with Crippen LogP contribution in [-0.2, 0) is 14.8 Å². The van der Waals surface area contributed by atoms with Gasteiger partial charge in [0.1, 0.15) is 12.3 Å². The van der Waals surface area contributed by atoms with Gasteiger partial charge in [-0.3, -0.25) is 9.10 Å². The van der Waals surface area contributed by atoms with Gasteiger partial charge in [-0.05, 0) is 67.6 Å². The highest BCUT2D eigenvalue weighted by molar-refractivity contribution is 7.92. The van der Waals surface area contributed by atoms with Gasteiger partial charge in [-0.1, -0.05) is 61.9 Å². The number of aryl methyl sites for hydroxylation is 2. The van der Waals surface area contributed by atoms with Crippen molar-refractivity contribution in [1.29, 1.82) is 0 Å². The Morgan fingerprint density at radius 1 is 0.971 bits per heavy atom. The molecular formula is C28H34N2O4S. The fourth-order valence-electron chi connectivity index (χ4n) is 4.06. The molecule has 0 fully saturated rings. The first-order valence-corrected chi connectivity index (χ1v) is 13.1. The molecule has 0 bridgehead atoms. The Bertz CT molecular complexity index is 1240. The van der Waals surface area contributed by atoms with Gasteiger partial charge in [0.15, 0.2) is 0 Å². The summed E-state index contributed by atoms with van der Waals surface area (Å²) in [6.45, 7) is 7.65. The number of hydrogen-bond donors (Lipinski definition) is 1. The van der Waals surface area contributed by atoms with E-state index in [2.05, 4.69) is 19.2 Å². The molecule has 3 aromatic carbocycles. The zero-order chi connectivity index (χ0) is 25.6. The van der Waals surface area contributed by atoms with Crippen LogP contribution in [0.15, 0.2) is 77.7 Å². The average molecular weight is 495 g/mol. The topological polar surface area (TPSA) is 75.7 Å². The molecule has 186 valence electrons. The van der Waals surface area contributed by atoms with Crippen LogP contribution in [0.1, 0.15) is 43.0 Å². The second kappa shape index (κ2) is 11.4. The summed E-state index contributed by atoms with van der Waals surface area (Å²) in [7, 11) is -2.35. The van der Waals surface area contributed by atoms with E-state index in [1.165, 1.54) is 4.31 Å². The van der Waals surface area contributed by atoms with Gasteiger partial charge >= 0.3 is 0 Å². The van der Waals surface area contributed by atoms with Crippen LogP contribution < -0.4 is 14.4 Å². The van der Waals surface area contributed by atoms with Crippen LogP contribution in [-0.4, -0.2) is 28.0 Å². The Hall–Kier alpha value is -3.32. The number of carbonyl (C=O) groups is 1. The number of amides is 1. The van der Waals surface area contributed by atoms with E-state index in [4.69, 9.17) is 4.74 Å². The Morgan fingerprint density at radius 2 is 1.63 bits per heavy atom. The summed E-state index contributed by atoms with van der Waals surface area (Å²) in [5, 5.41) is 3.07. The molecule has 1 N–H and O–H groups in total. The first-order chi connectivity index (χ1) is 16.6. The Labute approximate surface area is 209 Å². The lowest BCUT2D eigenvalue weighted by molar-refractivity contribution is -0.120. The second-order valence-corrected chi connectivity index (χ2v) is 11.0. The summed E-state index contributed by atoms with van der Waals surface area (Å²) < 4.78 is 33.7. The maximum absolute atomic E-state index is 13.6. The highest BCUT2D eigenvalue weighted by Gasteiger charge is 2.29. The Balaban J connectivity index is 1.94. The Morgan fingerprint density at radius 3 is 2.20 bits per heavy atom. The predicted octanol–water partition coefficient (Wildman–Crippen LogP) is 5.41. The molecule has 0 radical (unpaired) electrons. The van der Waals surface area contributed by atoms with Crippen molar-refractivity contribution in [3.8, 4) is 5.75 Å². The minimum atomic E-state index is -3.96. The van der Waals surface area contributed by atoms with Gasteiger partial charge in [0.2, 0.25) is 5.91 Å². The smallest absolute Gasteiger partial charge is 0.264 e. The molecule has 6 nitrogen and oxygen atoms in total. The number of benzene rings is 3. The van der Waals surface area contributed by atoms with Crippen molar-refractivity contribution in [1.82, 2.24) is 5.32 Å². The van der Waals surface area contributed by atoms with Crippen LogP contribution >= 0.6 is 0 Å². The summed E-state index contributed by atoms with van der Waals surface area (Å²) in [6, 6.07) is 21.0. The fraction of sp³-hybridized carbons (Fsp3) is 0.321. The molecule has 0 aliphatic carbocycles. The number of ether oxygens (including phenoxy) is 1. The molecule has 0 saturated heterocycles. The molecule has 0 aromatic heterocycles. The van der Waals surface area contributed by atoms with Gasteiger partial charge in [0, 0.05) is 0 Å². The molecule has 0 spiro atoms. The van der Waals surface area contributed by atoms with Gasteiger partial charge in [0.05, 0.1) is 23.7 Å². The summed E-state index contributed by atoms with van der Waals surface area (Å²) >= 11 is 0. The van der Waals surface area contributed by atoms with Crippen molar-refractivity contribution in [2.45, 2.75) is 45.1 Å². The molecule has 0 heterocycles. The summed E-state index contributed by atoms with van der Waals surface area (Å²) in [5.41, 5.74) is 3.23. The number of carbonyl (C=O) groups excluding carboxylic acids is 1. The number of methoxy groups -OCH3 is 1. The zero-order valence-corrected chi connectivity index (χ0v) is 21.8. The molecule has 3 rings (SSSR count). The zero-order valence-electron chi connectivity index (χ0n) is 21.0.